The minimum absolute atomic E-state index is 0.169. The molecule has 0 aliphatic carbocycles. The van der Waals surface area contributed by atoms with Crippen molar-refractivity contribution in [3.63, 3.8) is 0 Å². The average molecular weight is 506 g/mol. The lowest BCUT2D eigenvalue weighted by Crippen LogP contribution is -2.56. The molecule has 1 fully saturated rings. The SMILES string of the molecule is Cc1cc(=O)c2c(O)c(C3OC(CO)C(O)C(O)C3OC(=O)c3cc(O)c(O)c(O)c3)c(O)cc2o1. The highest BCUT2D eigenvalue weighted by Gasteiger charge is 2.49. The van der Waals surface area contributed by atoms with Crippen molar-refractivity contribution in [1.29, 1.82) is 0 Å². The van der Waals surface area contributed by atoms with Crippen molar-refractivity contribution in [2.45, 2.75) is 37.4 Å². The summed E-state index contributed by atoms with van der Waals surface area (Å²) in [7, 11) is 0. The molecule has 5 unspecified atom stereocenters. The molecule has 2 aromatic carbocycles. The number of aliphatic hydroxyl groups excluding tert-OH is 3. The molecule has 0 amide bonds. The Kier molecular flexibility index (Phi) is 6.41. The zero-order chi connectivity index (χ0) is 26.5. The fourth-order valence-electron chi connectivity index (χ4n) is 4.07. The summed E-state index contributed by atoms with van der Waals surface area (Å²) in [5.74, 6) is -5.18. The molecule has 0 spiro atoms. The molecule has 1 aromatic heterocycles. The Balaban J connectivity index is 1.83. The summed E-state index contributed by atoms with van der Waals surface area (Å²) in [4.78, 5) is 25.3. The van der Waals surface area contributed by atoms with Crippen molar-refractivity contribution >= 4 is 16.9 Å². The average Bonchev–Trinajstić information content (AvgIpc) is 2.80. The Hall–Kier alpha value is -4.04. The van der Waals surface area contributed by atoms with E-state index in [4.69, 9.17) is 13.9 Å². The van der Waals surface area contributed by atoms with Gasteiger partial charge in [0.1, 0.15) is 52.6 Å². The van der Waals surface area contributed by atoms with Gasteiger partial charge in [-0.2, -0.15) is 0 Å². The van der Waals surface area contributed by atoms with Gasteiger partial charge in [-0.3, -0.25) is 4.79 Å². The second-order valence-electron chi connectivity index (χ2n) is 8.24. The quantitative estimate of drug-likeness (QED) is 0.172. The molecule has 5 atom stereocenters. The van der Waals surface area contributed by atoms with Crippen molar-refractivity contribution < 1.29 is 59.5 Å². The highest BCUT2D eigenvalue weighted by Crippen LogP contribution is 2.45. The number of aryl methyl sites for hydroxylation is 1. The fraction of sp³-hybridized carbons (Fsp3) is 0.304. The Bertz CT molecular complexity index is 1370. The van der Waals surface area contributed by atoms with Gasteiger partial charge in [0.15, 0.2) is 28.8 Å². The van der Waals surface area contributed by atoms with Crippen LogP contribution in [0.2, 0.25) is 0 Å². The third kappa shape index (κ3) is 4.13. The van der Waals surface area contributed by atoms with E-state index in [-0.39, 0.29) is 16.7 Å². The molecular formula is C23H22O13. The molecule has 4 rings (SSSR count). The summed E-state index contributed by atoms with van der Waals surface area (Å²) in [5.41, 5.74) is -1.82. The number of phenolic OH excluding ortho intramolecular Hbond substituents is 5. The van der Waals surface area contributed by atoms with Crippen molar-refractivity contribution in [1.82, 2.24) is 0 Å². The maximum absolute atomic E-state index is 12.8. The number of aromatic hydroxyl groups is 5. The standard InChI is InChI=1S/C23H22O13/c1-7-2-9(25)15-13(34-7)5-10(26)16(19(15)31)21-22(20(32)18(30)14(6-24)35-21)36-23(33)8-3-11(27)17(29)12(28)4-8/h2-5,14,18,20-22,24,26-32H,6H2,1H3. The van der Waals surface area contributed by atoms with Crippen LogP contribution in [0.15, 0.2) is 33.5 Å². The molecule has 0 radical (unpaired) electrons. The van der Waals surface area contributed by atoms with Crippen LogP contribution in [0.25, 0.3) is 11.0 Å². The van der Waals surface area contributed by atoms with Crippen LogP contribution in [0, 0.1) is 6.92 Å². The van der Waals surface area contributed by atoms with Gasteiger partial charge in [0, 0.05) is 12.1 Å². The van der Waals surface area contributed by atoms with E-state index in [9.17, 15) is 50.4 Å². The first-order chi connectivity index (χ1) is 16.9. The number of aliphatic hydroxyl groups is 3. The molecule has 192 valence electrons. The van der Waals surface area contributed by atoms with E-state index in [1.807, 2.05) is 0 Å². The molecule has 13 heteroatoms. The van der Waals surface area contributed by atoms with Crippen LogP contribution in [-0.4, -0.2) is 77.8 Å². The van der Waals surface area contributed by atoms with Gasteiger partial charge in [0.05, 0.1) is 17.7 Å². The van der Waals surface area contributed by atoms with E-state index in [1.165, 1.54) is 6.92 Å². The van der Waals surface area contributed by atoms with Gasteiger partial charge in [0.25, 0.3) is 0 Å². The minimum atomic E-state index is -1.94. The Labute approximate surface area is 201 Å². The van der Waals surface area contributed by atoms with Crippen molar-refractivity contribution in [2.24, 2.45) is 0 Å². The van der Waals surface area contributed by atoms with Crippen LogP contribution >= 0.6 is 0 Å². The smallest absolute Gasteiger partial charge is 0.338 e. The van der Waals surface area contributed by atoms with Gasteiger partial charge in [-0.1, -0.05) is 0 Å². The van der Waals surface area contributed by atoms with Crippen LogP contribution in [0.4, 0.5) is 0 Å². The molecule has 3 aromatic rings. The van der Waals surface area contributed by atoms with E-state index in [0.29, 0.717) is 0 Å². The number of phenols is 5. The largest absolute Gasteiger partial charge is 0.507 e. The second-order valence-corrected chi connectivity index (χ2v) is 8.24. The zero-order valence-corrected chi connectivity index (χ0v) is 18.5. The molecule has 1 aliphatic rings. The third-order valence-electron chi connectivity index (χ3n) is 5.83. The first-order valence-corrected chi connectivity index (χ1v) is 10.5. The van der Waals surface area contributed by atoms with Gasteiger partial charge < -0.3 is 54.7 Å². The first-order valence-electron chi connectivity index (χ1n) is 10.5. The molecule has 0 bridgehead atoms. The Morgan fingerprint density at radius 3 is 2.19 bits per heavy atom. The maximum atomic E-state index is 12.8. The Morgan fingerprint density at radius 2 is 1.58 bits per heavy atom. The van der Waals surface area contributed by atoms with Crippen molar-refractivity contribution in [2.75, 3.05) is 6.61 Å². The van der Waals surface area contributed by atoms with E-state index in [2.05, 4.69) is 0 Å². The van der Waals surface area contributed by atoms with Gasteiger partial charge in [-0.15, -0.1) is 0 Å². The predicted molar refractivity (Wildman–Crippen MR) is 118 cm³/mol. The van der Waals surface area contributed by atoms with E-state index in [1.54, 1.807) is 0 Å². The molecular weight excluding hydrogens is 484 g/mol. The van der Waals surface area contributed by atoms with Crippen LogP contribution in [-0.2, 0) is 9.47 Å². The molecule has 8 N–H and O–H groups in total. The number of carbonyl (C=O) groups excluding carboxylic acids is 1. The highest BCUT2D eigenvalue weighted by molar-refractivity contribution is 5.91. The third-order valence-corrected chi connectivity index (χ3v) is 5.83. The molecule has 1 saturated heterocycles. The maximum Gasteiger partial charge on any atom is 0.338 e. The number of ether oxygens (including phenoxy) is 2. The number of esters is 1. The van der Waals surface area contributed by atoms with Crippen molar-refractivity contribution in [3.05, 3.63) is 51.4 Å². The summed E-state index contributed by atoms with van der Waals surface area (Å²) in [6.45, 7) is 0.663. The number of hydrogen-bond acceptors (Lipinski definition) is 13. The van der Waals surface area contributed by atoms with Crippen LogP contribution in [0.1, 0.15) is 27.8 Å². The van der Waals surface area contributed by atoms with Gasteiger partial charge in [0.2, 0.25) is 0 Å². The first kappa shape index (κ1) is 25.1. The normalized spacial score (nSPS) is 24.1. The number of carbonyl (C=O) groups is 1. The summed E-state index contributed by atoms with van der Waals surface area (Å²) < 4.78 is 16.2. The van der Waals surface area contributed by atoms with Crippen LogP contribution < -0.4 is 5.43 Å². The second kappa shape index (κ2) is 9.20. The van der Waals surface area contributed by atoms with Crippen molar-refractivity contribution in [3.8, 4) is 28.7 Å². The molecule has 1 aliphatic heterocycles. The number of hydrogen-bond donors (Lipinski definition) is 8. The monoisotopic (exact) mass is 506 g/mol. The molecule has 36 heavy (non-hydrogen) atoms. The number of fused-ring (bicyclic) bond motifs is 1. The molecule has 2 heterocycles. The van der Waals surface area contributed by atoms with Gasteiger partial charge in [-0.05, 0) is 19.1 Å². The van der Waals surface area contributed by atoms with Crippen LogP contribution in [0.5, 0.6) is 28.7 Å². The van der Waals surface area contributed by atoms with E-state index < -0.39 is 88.4 Å². The van der Waals surface area contributed by atoms with Gasteiger partial charge >= 0.3 is 5.97 Å². The topological polar surface area (TPSA) is 228 Å². The minimum Gasteiger partial charge on any atom is -0.507 e. The van der Waals surface area contributed by atoms with E-state index in [0.717, 1.165) is 24.3 Å². The fourth-order valence-corrected chi connectivity index (χ4v) is 4.07. The lowest BCUT2D eigenvalue weighted by Gasteiger charge is -2.42. The zero-order valence-electron chi connectivity index (χ0n) is 18.5. The Morgan fingerprint density at radius 1 is 0.944 bits per heavy atom. The number of benzene rings is 2. The summed E-state index contributed by atoms with van der Waals surface area (Å²) in [6, 6.07) is 3.60. The highest BCUT2D eigenvalue weighted by atomic mass is 16.6. The number of rotatable bonds is 4. The lowest BCUT2D eigenvalue weighted by molar-refractivity contribution is -0.232. The summed E-state index contributed by atoms with van der Waals surface area (Å²) >= 11 is 0. The lowest BCUT2D eigenvalue weighted by atomic mass is 9.89. The molecule has 0 saturated carbocycles. The van der Waals surface area contributed by atoms with E-state index >= 15 is 0 Å². The predicted octanol–water partition coefficient (Wildman–Crippen LogP) is 0.00902. The summed E-state index contributed by atoms with van der Waals surface area (Å²) in [5, 5.41) is 80.7. The van der Waals surface area contributed by atoms with Gasteiger partial charge in [-0.25, -0.2) is 4.79 Å². The summed E-state index contributed by atoms with van der Waals surface area (Å²) in [6.07, 6.45) is -8.75. The molecule has 13 nitrogen and oxygen atoms in total. The van der Waals surface area contributed by atoms with Crippen LogP contribution in [0.3, 0.4) is 0 Å².